The van der Waals surface area contributed by atoms with Crippen molar-refractivity contribution in [3.8, 4) is 11.5 Å². The summed E-state index contributed by atoms with van der Waals surface area (Å²) in [5, 5.41) is 11.2. The number of nitrogens with zero attached hydrogens (tertiary/aromatic N) is 1. The van der Waals surface area contributed by atoms with E-state index in [2.05, 4.69) is 13.8 Å². The van der Waals surface area contributed by atoms with Crippen molar-refractivity contribution in [3.05, 3.63) is 64.7 Å². The number of ether oxygens (including phenoxy) is 3. The van der Waals surface area contributed by atoms with Crippen molar-refractivity contribution >= 4 is 17.4 Å². The van der Waals surface area contributed by atoms with Gasteiger partial charge in [-0.15, -0.1) is 0 Å². The Balaban J connectivity index is 1.74. The number of methoxy groups -OCH3 is 1. The van der Waals surface area contributed by atoms with Crippen LogP contribution in [-0.2, 0) is 20.7 Å². The van der Waals surface area contributed by atoms with Gasteiger partial charge < -0.3 is 24.2 Å². The van der Waals surface area contributed by atoms with Crippen LogP contribution in [0.3, 0.4) is 0 Å². The van der Waals surface area contributed by atoms with Crippen LogP contribution in [-0.4, -0.2) is 55.2 Å². The van der Waals surface area contributed by atoms with E-state index in [1.807, 2.05) is 30.3 Å². The monoisotopic (exact) mass is 451 g/mol. The predicted molar refractivity (Wildman–Crippen MR) is 123 cm³/mol. The molecule has 0 radical (unpaired) electrons. The first-order valence-electron chi connectivity index (χ1n) is 11.2. The molecule has 0 aliphatic carbocycles. The molecular formula is C26H29NO6. The number of carbonyl (C=O) groups excluding carboxylic acids is 2. The number of benzene rings is 2. The average molecular weight is 452 g/mol. The van der Waals surface area contributed by atoms with Gasteiger partial charge >= 0.3 is 0 Å². The molecule has 2 aliphatic heterocycles. The average Bonchev–Trinajstić information content (AvgIpc) is 3.38. The van der Waals surface area contributed by atoms with Gasteiger partial charge in [0, 0.05) is 25.6 Å². The lowest BCUT2D eigenvalue weighted by atomic mass is 9.94. The second-order valence-electron chi connectivity index (χ2n) is 8.68. The Morgan fingerprint density at radius 2 is 1.94 bits per heavy atom. The van der Waals surface area contributed by atoms with Crippen molar-refractivity contribution < 1.29 is 28.9 Å². The quantitative estimate of drug-likeness (QED) is 0.374. The largest absolute Gasteiger partial charge is 0.507 e. The Bertz CT molecular complexity index is 1070. The summed E-state index contributed by atoms with van der Waals surface area (Å²) in [5.74, 6) is 0.339. The van der Waals surface area contributed by atoms with E-state index in [9.17, 15) is 14.7 Å². The second kappa shape index (κ2) is 9.67. The third-order valence-corrected chi connectivity index (χ3v) is 5.82. The SMILES string of the molecule is COCCN1C(=O)C(=O)/C(=C(\O)c2ccc3c(c2)CCO3)C1c1ccc(OCC(C)C)cc1. The highest BCUT2D eigenvalue weighted by atomic mass is 16.5. The van der Waals surface area contributed by atoms with E-state index >= 15 is 0 Å². The van der Waals surface area contributed by atoms with Crippen molar-refractivity contribution in [2.75, 3.05) is 33.5 Å². The lowest BCUT2D eigenvalue weighted by Crippen LogP contribution is -2.32. The lowest BCUT2D eigenvalue weighted by molar-refractivity contribution is -0.140. The van der Waals surface area contributed by atoms with Gasteiger partial charge in [-0.3, -0.25) is 9.59 Å². The number of likely N-dealkylation sites (tertiary alicyclic amines) is 1. The Labute approximate surface area is 193 Å². The molecule has 2 aromatic rings. The van der Waals surface area contributed by atoms with Crippen LogP contribution < -0.4 is 9.47 Å². The second-order valence-corrected chi connectivity index (χ2v) is 8.68. The first kappa shape index (κ1) is 22.9. The van der Waals surface area contributed by atoms with Crippen molar-refractivity contribution in [3.63, 3.8) is 0 Å². The number of amides is 1. The maximum atomic E-state index is 13.1. The van der Waals surface area contributed by atoms with E-state index in [4.69, 9.17) is 14.2 Å². The molecule has 174 valence electrons. The van der Waals surface area contributed by atoms with Crippen molar-refractivity contribution in [1.29, 1.82) is 0 Å². The third-order valence-electron chi connectivity index (χ3n) is 5.82. The Morgan fingerprint density at radius 3 is 2.64 bits per heavy atom. The van der Waals surface area contributed by atoms with Crippen LogP contribution in [0.2, 0.25) is 0 Å². The fourth-order valence-corrected chi connectivity index (χ4v) is 4.15. The van der Waals surface area contributed by atoms with Gasteiger partial charge in [-0.1, -0.05) is 26.0 Å². The molecule has 1 N–H and O–H groups in total. The summed E-state index contributed by atoms with van der Waals surface area (Å²) in [6.45, 7) is 5.83. The fraction of sp³-hybridized carbons (Fsp3) is 0.385. The summed E-state index contributed by atoms with van der Waals surface area (Å²) >= 11 is 0. The molecule has 7 heteroatoms. The molecule has 2 aliphatic rings. The predicted octanol–water partition coefficient (Wildman–Crippen LogP) is 3.72. The summed E-state index contributed by atoms with van der Waals surface area (Å²) in [4.78, 5) is 27.4. The summed E-state index contributed by atoms with van der Waals surface area (Å²) in [6.07, 6.45) is 0.736. The summed E-state index contributed by atoms with van der Waals surface area (Å²) < 4.78 is 16.5. The molecule has 0 bridgehead atoms. The van der Waals surface area contributed by atoms with Crippen molar-refractivity contribution in [2.45, 2.75) is 26.3 Å². The van der Waals surface area contributed by atoms with Crippen LogP contribution in [0.4, 0.5) is 0 Å². The molecule has 0 aromatic heterocycles. The summed E-state index contributed by atoms with van der Waals surface area (Å²) in [5.41, 5.74) is 2.25. The number of carbonyl (C=O) groups is 2. The van der Waals surface area contributed by atoms with E-state index < -0.39 is 17.7 Å². The highest BCUT2D eigenvalue weighted by Gasteiger charge is 2.45. The van der Waals surface area contributed by atoms with Crippen LogP contribution in [0.5, 0.6) is 11.5 Å². The van der Waals surface area contributed by atoms with E-state index in [0.717, 1.165) is 17.7 Å². The first-order chi connectivity index (χ1) is 15.9. The topological polar surface area (TPSA) is 85.3 Å². The van der Waals surface area contributed by atoms with Gasteiger partial charge in [0.15, 0.2) is 0 Å². The van der Waals surface area contributed by atoms with Crippen molar-refractivity contribution in [1.82, 2.24) is 4.90 Å². The Hall–Kier alpha value is -3.32. The Morgan fingerprint density at radius 1 is 1.18 bits per heavy atom. The number of fused-ring (bicyclic) bond motifs is 1. The molecule has 33 heavy (non-hydrogen) atoms. The van der Waals surface area contributed by atoms with Crippen LogP contribution in [0, 0.1) is 5.92 Å². The van der Waals surface area contributed by atoms with Gasteiger partial charge in [-0.2, -0.15) is 0 Å². The molecule has 2 heterocycles. The molecule has 1 unspecified atom stereocenters. The van der Waals surface area contributed by atoms with Crippen LogP contribution in [0.1, 0.15) is 36.6 Å². The number of hydrogen-bond donors (Lipinski definition) is 1. The molecular weight excluding hydrogens is 422 g/mol. The standard InChI is InChI=1S/C26H29NO6/c1-16(2)15-33-20-7-4-17(5-8-20)23-22(25(29)26(30)27(23)11-13-31-3)24(28)19-6-9-21-18(14-19)10-12-32-21/h4-9,14,16,23,28H,10-13,15H2,1-3H3/b24-22-. The zero-order valence-corrected chi connectivity index (χ0v) is 19.2. The van der Waals surface area contributed by atoms with Gasteiger partial charge in [0.25, 0.3) is 11.7 Å². The van der Waals surface area contributed by atoms with Crippen LogP contribution in [0.15, 0.2) is 48.0 Å². The molecule has 1 atom stereocenters. The third kappa shape index (κ3) is 4.59. The summed E-state index contributed by atoms with van der Waals surface area (Å²) in [6, 6.07) is 11.9. The molecule has 1 fully saturated rings. The zero-order valence-electron chi connectivity index (χ0n) is 19.2. The van der Waals surface area contributed by atoms with E-state index in [1.165, 1.54) is 4.90 Å². The minimum Gasteiger partial charge on any atom is -0.507 e. The minimum absolute atomic E-state index is 0.0748. The number of aliphatic hydroxyl groups excluding tert-OH is 1. The number of Topliss-reactive ketones (excluding diaryl/α,β-unsaturated/α-hetero) is 1. The molecule has 1 saturated heterocycles. The van der Waals surface area contributed by atoms with E-state index in [-0.39, 0.29) is 24.5 Å². The highest BCUT2D eigenvalue weighted by molar-refractivity contribution is 6.46. The van der Waals surface area contributed by atoms with Crippen LogP contribution in [0.25, 0.3) is 5.76 Å². The lowest BCUT2D eigenvalue weighted by Gasteiger charge is -2.25. The minimum atomic E-state index is -0.719. The molecule has 1 amide bonds. The molecule has 0 saturated carbocycles. The fourth-order valence-electron chi connectivity index (χ4n) is 4.15. The van der Waals surface area contributed by atoms with Gasteiger partial charge in [0.05, 0.1) is 31.4 Å². The molecule has 4 rings (SSSR count). The van der Waals surface area contributed by atoms with Gasteiger partial charge in [-0.25, -0.2) is 0 Å². The maximum absolute atomic E-state index is 13.1. The van der Waals surface area contributed by atoms with Crippen molar-refractivity contribution in [2.24, 2.45) is 5.92 Å². The normalized spacial score (nSPS) is 19.2. The smallest absolute Gasteiger partial charge is 0.295 e. The maximum Gasteiger partial charge on any atom is 0.295 e. The first-order valence-corrected chi connectivity index (χ1v) is 11.2. The molecule has 2 aromatic carbocycles. The number of ketones is 1. The Kier molecular flexibility index (Phi) is 6.70. The highest BCUT2D eigenvalue weighted by Crippen LogP contribution is 2.40. The van der Waals surface area contributed by atoms with Crippen LogP contribution >= 0.6 is 0 Å². The number of rotatable bonds is 8. The molecule has 0 spiro atoms. The van der Waals surface area contributed by atoms with Gasteiger partial charge in [-0.05, 0) is 47.4 Å². The number of aliphatic hydroxyl groups is 1. The molecule has 7 nitrogen and oxygen atoms in total. The van der Waals surface area contributed by atoms with E-state index in [1.54, 1.807) is 19.2 Å². The van der Waals surface area contributed by atoms with E-state index in [0.29, 0.717) is 36.0 Å². The van der Waals surface area contributed by atoms with Gasteiger partial charge in [0.2, 0.25) is 0 Å². The number of hydrogen-bond acceptors (Lipinski definition) is 6. The summed E-state index contributed by atoms with van der Waals surface area (Å²) in [7, 11) is 1.54. The zero-order chi connectivity index (χ0) is 23.5. The van der Waals surface area contributed by atoms with Gasteiger partial charge in [0.1, 0.15) is 17.3 Å².